The zero-order chi connectivity index (χ0) is 17.9. The van der Waals surface area contributed by atoms with Crippen molar-refractivity contribution in [1.29, 1.82) is 0 Å². The van der Waals surface area contributed by atoms with E-state index in [9.17, 15) is 0 Å². The molecule has 0 bridgehead atoms. The van der Waals surface area contributed by atoms with Gasteiger partial charge in [0.05, 0.1) is 0 Å². The van der Waals surface area contributed by atoms with Gasteiger partial charge in [-0.3, -0.25) is 4.57 Å². The Labute approximate surface area is 155 Å². The minimum Gasteiger partial charge on any atom is -0.485 e. The molecule has 7 nitrogen and oxygen atoms in total. The van der Waals surface area contributed by atoms with Gasteiger partial charge in [0, 0.05) is 12.7 Å². The first-order valence-corrected chi connectivity index (χ1v) is 8.96. The minimum atomic E-state index is -0.334. The van der Waals surface area contributed by atoms with Crippen LogP contribution in [0, 0.1) is 6.92 Å². The van der Waals surface area contributed by atoms with Crippen LogP contribution in [0.1, 0.15) is 17.8 Å². The molecule has 132 valence electrons. The molecule has 1 aliphatic rings. The molecule has 1 atom stereocenters. The second-order valence-electron chi connectivity index (χ2n) is 5.65. The van der Waals surface area contributed by atoms with Gasteiger partial charge in [-0.15, -0.1) is 16.8 Å². The third-order valence-corrected chi connectivity index (χ3v) is 4.72. The molecule has 2 aromatic heterocycles. The summed E-state index contributed by atoms with van der Waals surface area (Å²) >= 11 is 1.43. The Hall–Kier alpha value is -2.87. The molecule has 3 aromatic rings. The number of hydrogen-bond acceptors (Lipinski definition) is 7. The average molecular weight is 367 g/mol. The number of aromatic nitrogens is 5. The molecule has 1 aromatic carbocycles. The highest BCUT2D eigenvalue weighted by atomic mass is 32.2. The van der Waals surface area contributed by atoms with E-state index in [0.29, 0.717) is 30.5 Å². The third-order valence-electron chi connectivity index (χ3n) is 3.80. The quantitative estimate of drug-likeness (QED) is 0.506. The fourth-order valence-electron chi connectivity index (χ4n) is 2.65. The van der Waals surface area contributed by atoms with Crippen LogP contribution in [-0.2, 0) is 6.54 Å². The van der Waals surface area contributed by atoms with Gasteiger partial charge in [0.15, 0.2) is 28.6 Å². The summed E-state index contributed by atoms with van der Waals surface area (Å²) in [4.78, 5) is 8.53. The molecule has 0 aliphatic carbocycles. The van der Waals surface area contributed by atoms with Crippen molar-refractivity contribution in [2.24, 2.45) is 0 Å². The molecule has 0 saturated heterocycles. The van der Waals surface area contributed by atoms with E-state index in [1.807, 2.05) is 41.8 Å². The number of para-hydroxylation sites is 2. The van der Waals surface area contributed by atoms with Crippen LogP contribution in [0.5, 0.6) is 11.5 Å². The molecule has 1 aliphatic heterocycles. The molecule has 0 saturated carbocycles. The van der Waals surface area contributed by atoms with Crippen LogP contribution in [0.2, 0.25) is 0 Å². The predicted molar refractivity (Wildman–Crippen MR) is 96.4 cm³/mol. The standard InChI is InChI=1S/C18H17N5O2S/c1-3-10-23-17(15-11-24-13-6-4-5-7-14(13)25-15)21-22-18(23)26-16-8-9-19-12(2)20-16/h3-9,15H,1,10-11H2,2H3/t15-/m0/s1. The van der Waals surface area contributed by atoms with Gasteiger partial charge in [0.25, 0.3) is 0 Å². The van der Waals surface area contributed by atoms with Gasteiger partial charge in [0.2, 0.25) is 0 Å². The van der Waals surface area contributed by atoms with Crippen molar-refractivity contribution in [2.45, 2.75) is 29.8 Å². The molecule has 0 radical (unpaired) electrons. The summed E-state index contributed by atoms with van der Waals surface area (Å²) in [5, 5.41) is 10.2. The molecule has 4 rings (SSSR count). The maximum atomic E-state index is 6.07. The van der Waals surface area contributed by atoms with E-state index < -0.39 is 0 Å². The van der Waals surface area contributed by atoms with Crippen LogP contribution in [0.25, 0.3) is 0 Å². The Kier molecular flexibility index (Phi) is 4.57. The van der Waals surface area contributed by atoms with E-state index in [2.05, 4.69) is 26.7 Å². The first-order chi connectivity index (χ1) is 12.7. The highest BCUT2D eigenvalue weighted by molar-refractivity contribution is 7.99. The number of benzene rings is 1. The van der Waals surface area contributed by atoms with Crippen molar-refractivity contribution in [1.82, 2.24) is 24.7 Å². The Bertz CT molecular complexity index is 943. The summed E-state index contributed by atoms with van der Waals surface area (Å²) in [5.41, 5.74) is 0. The SMILES string of the molecule is C=CCn1c(Sc2ccnc(C)n2)nnc1[C@@H]1COc2ccccc2O1. The highest BCUT2D eigenvalue weighted by Crippen LogP contribution is 2.36. The second-order valence-corrected chi connectivity index (χ2v) is 6.64. The first kappa shape index (κ1) is 16.6. The van der Waals surface area contributed by atoms with Gasteiger partial charge in [-0.2, -0.15) is 0 Å². The molecule has 0 fully saturated rings. The molecule has 0 unspecified atom stereocenters. The fourth-order valence-corrected chi connectivity index (χ4v) is 3.50. The van der Waals surface area contributed by atoms with E-state index >= 15 is 0 Å². The molecule has 0 amide bonds. The summed E-state index contributed by atoms with van der Waals surface area (Å²) < 4.78 is 13.8. The van der Waals surface area contributed by atoms with Gasteiger partial charge < -0.3 is 9.47 Å². The van der Waals surface area contributed by atoms with Gasteiger partial charge in [-0.05, 0) is 36.9 Å². The Balaban J connectivity index is 1.63. The molecular weight excluding hydrogens is 350 g/mol. The number of ether oxygens (including phenoxy) is 2. The Morgan fingerprint density at radius 1 is 1.27 bits per heavy atom. The van der Waals surface area contributed by atoms with Gasteiger partial charge in [-0.1, -0.05) is 18.2 Å². The average Bonchev–Trinajstić information content (AvgIpc) is 3.04. The smallest absolute Gasteiger partial charge is 0.197 e. The molecule has 3 heterocycles. The number of hydrogen-bond donors (Lipinski definition) is 0. The summed E-state index contributed by atoms with van der Waals surface area (Å²) in [6.07, 6.45) is 3.20. The lowest BCUT2D eigenvalue weighted by Crippen LogP contribution is -2.25. The van der Waals surface area contributed by atoms with Crippen LogP contribution in [-0.4, -0.2) is 31.3 Å². The Morgan fingerprint density at radius 2 is 2.12 bits per heavy atom. The van der Waals surface area contributed by atoms with Crippen molar-refractivity contribution in [2.75, 3.05) is 6.61 Å². The van der Waals surface area contributed by atoms with Crippen LogP contribution < -0.4 is 9.47 Å². The Morgan fingerprint density at radius 3 is 2.92 bits per heavy atom. The van der Waals surface area contributed by atoms with E-state index in [-0.39, 0.29) is 6.10 Å². The maximum absolute atomic E-state index is 6.07. The van der Waals surface area contributed by atoms with Crippen LogP contribution in [0.4, 0.5) is 0 Å². The fraction of sp³-hybridized carbons (Fsp3) is 0.222. The summed E-state index contributed by atoms with van der Waals surface area (Å²) in [6.45, 7) is 6.64. The summed E-state index contributed by atoms with van der Waals surface area (Å²) in [6, 6.07) is 9.45. The second kappa shape index (κ2) is 7.17. The van der Waals surface area contributed by atoms with Crippen molar-refractivity contribution in [3.05, 3.63) is 60.8 Å². The number of aryl methyl sites for hydroxylation is 1. The van der Waals surface area contributed by atoms with Crippen LogP contribution >= 0.6 is 11.8 Å². The van der Waals surface area contributed by atoms with Gasteiger partial charge in [0.1, 0.15) is 17.5 Å². The first-order valence-electron chi connectivity index (χ1n) is 8.14. The van der Waals surface area contributed by atoms with Crippen molar-refractivity contribution in [3.8, 4) is 11.5 Å². The maximum Gasteiger partial charge on any atom is 0.197 e. The van der Waals surface area contributed by atoms with Gasteiger partial charge >= 0.3 is 0 Å². The molecule has 26 heavy (non-hydrogen) atoms. The molecule has 8 heteroatoms. The lowest BCUT2D eigenvalue weighted by Gasteiger charge is -2.26. The van der Waals surface area contributed by atoms with Crippen molar-refractivity contribution < 1.29 is 9.47 Å². The topological polar surface area (TPSA) is 75.0 Å². The molecule has 0 spiro atoms. The van der Waals surface area contributed by atoms with E-state index in [0.717, 1.165) is 15.9 Å². The zero-order valence-corrected chi connectivity index (χ0v) is 15.0. The van der Waals surface area contributed by atoms with Crippen molar-refractivity contribution >= 4 is 11.8 Å². The van der Waals surface area contributed by atoms with Crippen molar-refractivity contribution in [3.63, 3.8) is 0 Å². The third kappa shape index (κ3) is 3.28. The highest BCUT2D eigenvalue weighted by Gasteiger charge is 2.28. The predicted octanol–water partition coefficient (Wildman–Crippen LogP) is 3.23. The van der Waals surface area contributed by atoms with Crippen LogP contribution in [0.15, 0.2) is 59.4 Å². The van der Waals surface area contributed by atoms with Gasteiger partial charge in [-0.25, -0.2) is 9.97 Å². The number of nitrogens with zero attached hydrogens (tertiary/aromatic N) is 5. The number of allylic oxidation sites excluding steroid dienone is 1. The largest absolute Gasteiger partial charge is 0.485 e. The molecular formula is C18H17N5O2S. The monoisotopic (exact) mass is 367 g/mol. The zero-order valence-electron chi connectivity index (χ0n) is 14.2. The lowest BCUT2D eigenvalue weighted by molar-refractivity contribution is 0.0821. The summed E-state index contributed by atoms with van der Waals surface area (Å²) in [5.74, 6) is 2.86. The van der Waals surface area contributed by atoms with E-state index in [4.69, 9.17) is 9.47 Å². The minimum absolute atomic E-state index is 0.334. The van der Waals surface area contributed by atoms with E-state index in [1.165, 1.54) is 11.8 Å². The van der Waals surface area contributed by atoms with Crippen LogP contribution in [0.3, 0.4) is 0 Å². The summed E-state index contributed by atoms with van der Waals surface area (Å²) in [7, 11) is 0. The number of rotatable bonds is 5. The number of fused-ring (bicyclic) bond motifs is 1. The van der Waals surface area contributed by atoms with E-state index in [1.54, 1.807) is 12.3 Å². The lowest BCUT2D eigenvalue weighted by atomic mass is 10.2. The normalized spacial score (nSPS) is 15.7. The molecule has 0 N–H and O–H groups in total.